The van der Waals surface area contributed by atoms with Crippen LogP contribution in [0.5, 0.6) is 5.75 Å². The van der Waals surface area contributed by atoms with Crippen molar-refractivity contribution < 1.29 is 28.7 Å². The normalized spacial score (nSPS) is 20.2. The Hall–Kier alpha value is -3.95. The van der Waals surface area contributed by atoms with Crippen molar-refractivity contribution in [3.05, 3.63) is 52.8 Å². The van der Waals surface area contributed by atoms with Gasteiger partial charge in [-0.2, -0.15) is 0 Å². The number of methoxy groups -OCH3 is 1. The maximum absolute atomic E-state index is 13.1. The number of aromatic nitrogens is 1. The van der Waals surface area contributed by atoms with Gasteiger partial charge in [-0.1, -0.05) is 6.92 Å². The minimum Gasteiger partial charge on any atom is -0.496 e. The zero-order valence-corrected chi connectivity index (χ0v) is 19.6. The van der Waals surface area contributed by atoms with Crippen molar-refractivity contribution in [3.63, 3.8) is 0 Å². The Balaban J connectivity index is 1.24. The topological polar surface area (TPSA) is 127 Å². The van der Waals surface area contributed by atoms with E-state index >= 15 is 0 Å². The van der Waals surface area contributed by atoms with Crippen LogP contribution in [0.2, 0.25) is 0 Å². The quantitative estimate of drug-likeness (QED) is 0.611. The number of nitrogens with zero attached hydrogens (tertiary/aromatic N) is 2. The first kappa shape index (κ1) is 22.8. The molecular weight excluding hydrogens is 452 g/mol. The lowest BCUT2D eigenvalue weighted by atomic mass is 10.0. The molecule has 182 valence electrons. The third-order valence-electron chi connectivity index (χ3n) is 6.89. The molecule has 10 nitrogen and oxygen atoms in total. The molecule has 10 heteroatoms. The van der Waals surface area contributed by atoms with Crippen molar-refractivity contribution >= 4 is 29.5 Å². The average molecular weight is 479 g/mol. The van der Waals surface area contributed by atoms with Crippen molar-refractivity contribution in [3.8, 4) is 5.75 Å². The number of fused-ring (bicyclic) bond motifs is 1. The fraction of sp³-hybridized carbons (Fsp3) is 0.400. The van der Waals surface area contributed by atoms with Crippen molar-refractivity contribution in [1.82, 2.24) is 15.2 Å². The van der Waals surface area contributed by atoms with Crippen LogP contribution in [0.4, 0.5) is 10.5 Å². The summed E-state index contributed by atoms with van der Waals surface area (Å²) < 4.78 is 10.8. The molecule has 2 N–H and O–H groups in total. The summed E-state index contributed by atoms with van der Waals surface area (Å²) in [7, 11) is 1.49. The largest absolute Gasteiger partial charge is 0.496 e. The number of amides is 4. The zero-order valence-electron chi connectivity index (χ0n) is 19.6. The average Bonchev–Trinajstić information content (AvgIpc) is 3.51. The predicted molar refractivity (Wildman–Crippen MR) is 124 cm³/mol. The maximum atomic E-state index is 13.1. The molecule has 1 saturated heterocycles. The summed E-state index contributed by atoms with van der Waals surface area (Å²) >= 11 is 0. The molecule has 2 aliphatic heterocycles. The van der Waals surface area contributed by atoms with E-state index in [2.05, 4.69) is 22.5 Å². The molecule has 1 aromatic heterocycles. The second kappa shape index (κ2) is 8.68. The summed E-state index contributed by atoms with van der Waals surface area (Å²) in [4.78, 5) is 55.1. The van der Waals surface area contributed by atoms with E-state index in [1.165, 1.54) is 12.0 Å². The van der Waals surface area contributed by atoms with Gasteiger partial charge in [-0.05, 0) is 49.1 Å². The molecule has 1 saturated carbocycles. The summed E-state index contributed by atoms with van der Waals surface area (Å²) in [5, 5.41) is 4.95. The van der Waals surface area contributed by atoms with Gasteiger partial charge in [0, 0.05) is 28.7 Å². The molecular formula is C25H26N4O6. The summed E-state index contributed by atoms with van der Waals surface area (Å²) in [5.74, 6) is -0.669. The van der Waals surface area contributed by atoms with E-state index in [1.807, 2.05) is 6.07 Å². The Bertz CT molecular complexity index is 1220. The number of carbonyl (C=O) groups excluding carboxylic acids is 4. The molecule has 35 heavy (non-hydrogen) atoms. The van der Waals surface area contributed by atoms with Gasteiger partial charge in [-0.15, -0.1) is 0 Å². The number of hydrogen-bond donors (Lipinski definition) is 2. The molecule has 4 amide bonds. The van der Waals surface area contributed by atoms with Gasteiger partial charge < -0.3 is 14.4 Å². The number of pyridine rings is 1. The van der Waals surface area contributed by atoms with E-state index in [0.717, 1.165) is 18.5 Å². The van der Waals surface area contributed by atoms with Crippen molar-refractivity contribution in [2.75, 3.05) is 12.4 Å². The molecule has 1 unspecified atom stereocenters. The first-order chi connectivity index (χ1) is 16.8. The molecule has 0 spiro atoms. The van der Waals surface area contributed by atoms with Gasteiger partial charge in [0.2, 0.25) is 11.8 Å². The highest BCUT2D eigenvalue weighted by Crippen LogP contribution is 2.46. The molecule has 2 fully saturated rings. The number of imide groups is 1. The summed E-state index contributed by atoms with van der Waals surface area (Å²) in [6, 6.07) is 6.35. The Morgan fingerprint density at radius 1 is 1.26 bits per heavy atom. The smallest absolute Gasteiger partial charge is 0.412 e. The van der Waals surface area contributed by atoms with Crippen molar-refractivity contribution in [2.24, 2.45) is 0 Å². The first-order valence-corrected chi connectivity index (χ1v) is 11.5. The van der Waals surface area contributed by atoms with Crippen LogP contribution in [0.15, 0.2) is 30.5 Å². The van der Waals surface area contributed by atoms with Crippen molar-refractivity contribution in [1.29, 1.82) is 0 Å². The van der Waals surface area contributed by atoms with Gasteiger partial charge in [0.25, 0.3) is 5.91 Å². The summed E-state index contributed by atoms with van der Waals surface area (Å²) in [6.07, 6.45) is 3.66. The fourth-order valence-corrected chi connectivity index (χ4v) is 4.52. The molecule has 1 atom stereocenters. The summed E-state index contributed by atoms with van der Waals surface area (Å²) in [5.41, 5.74) is 3.32. The van der Waals surface area contributed by atoms with Crippen LogP contribution in [0.25, 0.3) is 0 Å². The monoisotopic (exact) mass is 478 g/mol. The molecule has 5 rings (SSSR count). The van der Waals surface area contributed by atoms with Gasteiger partial charge in [-0.25, -0.2) is 4.79 Å². The summed E-state index contributed by atoms with van der Waals surface area (Å²) in [6.45, 7) is 2.29. The number of carbonyl (C=O) groups is 4. The predicted octanol–water partition coefficient (Wildman–Crippen LogP) is 2.65. The van der Waals surface area contributed by atoms with E-state index in [-0.39, 0.29) is 43.2 Å². The molecule has 1 aliphatic carbocycles. The van der Waals surface area contributed by atoms with Crippen LogP contribution in [-0.4, -0.2) is 46.9 Å². The second-order valence-electron chi connectivity index (χ2n) is 9.42. The van der Waals surface area contributed by atoms with Crippen LogP contribution in [0.1, 0.15) is 59.8 Å². The minimum absolute atomic E-state index is 0.0786. The van der Waals surface area contributed by atoms with E-state index < -0.39 is 18.0 Å². The molecule has 2 aromatic rings. The van der Waals surface area contributed by atoms with Crippen LogP contribution in [-0.2, 0) is 32.9 Å². The number of nitrogens with one attached hydrogen (secondary N) is 2. The lowest BCUT2D eigenvalue weighted by Gasteiger charge is -2.29. The van der Waals surface area contributed by atoms with E-state index in [0.29, 0.717) is 28.1 Å². The van der Waals surface area contributed by atoms with Gasteiger partial charge >= 0.3 is 6.09 Å². The third-order valence-corrected chi connectivity index (χ3v) is 6.89. The van der Waals surface area contributed by atoms with Crippen molar-refractivity contribution in [2.45, 2.75) is 57.2 Å². The lowest BCUT2D eigenvalue weighted by Crippen LogP contribution is -2.52. The van der Waals surface area contributed by atoms with E-state index in [1.54, 1.807) is 24.4 Å². The maximum Gasteiger partial charge on any atom is 0.412 e. The third kappa shape index (κ3) is 4.43. The first-order valence-electron chi connectivity index (χ1n) is 11.5. The van der Waals surface area contributed by atoms with E-state index in [9.17, 15) is 19.2 Å². The Morgan fingerprint density at radius 3 is 2.71 bits per heavy atom. The van der Waals surface area contributed by atoms with Crippen LogP contribution in [0.3, 0.4) is 0 Å². The number of hydrogen-bond acceptors (Lipinski definition) is 7. The number of piperidine rings is 1. The fourth-order valence-electron chi connectivity index (χ4n) is 4.52. The van der Waals surface area contributed by atoms with Crippen LogP contribution >= 0.6 is 0 Å². The van der Waals surface area contributed by atoms with Crippen LogP contribution < -0.4 is 15.4 Å². The molecule has 3 heterocycles. The standard InChI is InChI=1S/C25H26N4O6/c1-25(7-8-25)20-5-3-15(11-26-20)27-24(33)35-13-14-9-16-17(19(10-14)34-2)12-29(23(16)32)18-4-6-21(30)28-22(18)31/h3,5,9-11,18H,4,6-8,12-13H2,1-2H3,(H,27,33)(H,28,30,31). The minimum atomic E-state index is -0.717. The number of benzene rings is 1. The molecule has 3 aliphatic rings. The SMILES string of the molecule is COc1cc(COC(=O)Nc2ccc(C3(C)CC3)nc2)cc2c1CN(C1CCC(=O)NC1=O)C2=O. The highest BCUT2D eigenvalue weighted by atomic mass is 16.5. The highest BCUT2D eigenvalue weighted by molar-refractivity contribution is 6.05. The van der Waals surface area contributed by atoms with Crippen LogP contribution in [0, 0.1) is 0 Å². The number of rotatable bonds is 6. The second-order valence-corrected chi connectivity index (χ2v) is 9.42. The lowest BCUT2D eigenvalue weighted by molar-refractivity contribution is -0.136. The Morgan fingerprint density at radius 2 is 2.06 bits per heavy atom. The van der Waals surface area contributed by atoms with Gasteiger partial charge in [0.1, 0.15) is 18.4 Å². The molecule has 0 bridgehead atoms. The molecule has 0 radical (unpaired) electrons. The Kier molecular flexibility index (Phi) is 5.66. The number of anilines is 1. The Labute approximate surface area is 202 Å². The molecule has 1 aromatic carbocycles. The van der Waals surface area contributed by atoms with Gasteiger partial charge in [0.05, 0.1) is 25.5 Å². The highest BCUT2D eigenvalue weighted by Gasteiger charge is 2.41. The van der Waals surface area contributed by atoms with E-state index in [4.69, 9.17) is 9.47 Å². The number of ether oxygens (including phenoxy) is 2. The van der Waals surface area contributed by atoms with Gasteiger partial charge in [-0.3, -0.25) is 30.0 Å². The van der Waals surface area contributed by atoms with Gasteiger partial charge in [0.15, 0.2) is 0 Å². The zero-order chi connectivity index (χ0) is 24.7.